The Morgan fingerprint density at radius 1 is 1.38 bits per heavy atom. The number of hydrogen-bond acceptors (Lipinski definition) is 4. The lowest BCUT2D eigenvalue weighted by atomic mass is 9.92. The molecule has 5 nitrogen and oxygen atoms in total. The van der Waals surface area contributed by atoms with Crippen LogP contribution in [0, 0.1) is 0 Å². The van der Waals surface area contributed by atoms with E-state index >= 15 is 0 Å². The third-order valence-electron chi connectivity index (χ3n) is 4.69. The second-order valence-electron chi connectivity index (χ2n) is 6.04. The number of aromatic nitrogens is 2. The molecule has 0 unspecified atom stereocenters. The van der Waals surface area contributed by atoms with E-state index in [2.05, 4.69) is 4.98 Å². The van der Waals surface area contributed by atoms with Crippen LogP contribution in [-0.4, -0.2) is 29.8 Å². The third kappa shape index (κ3) is 3.04. The van der Waals surface area contributed by atoms with Crippen molar-refractivity contribution >= 4 is 0 Å². The Hall–Kier alpha value is -1.20. The van der Waals surface area contributed by atoms with E-state index in [1.807, 2.05) is 6.92 Å². The zero-order valence-electron chi connectivity index (χ0n) is 12.7. The van der Waals surface area contributed by atoms with Crippen molar-refractivity contribution in [2.45, 2.75) is 57.0 Å². The zero-order valence-corrected chi connectivity index (χ0v) is 12.7. The van der Waals surface area contributed by atoms with E-state index in [1.54, 1.807) is 6.07 Å². The molecule has 116 valence electrons. The maximum Gasteiger partial charge on any atom is 0.251 e. The molecule has 1 saturated heterocycles. The molecule has 0 aromatic carbocycles. The summed E-state index contributed by atoms with van der Waals surface area (Å²) in [5, 5.41) is 0. The summed E-state index contributed by atoms with van der Waals surface area (Å²) in [4.78, 5) is 19.8. The Bertz CT molecular complexity index is 523. The molecule has 3 rings (SSSR count). The van der Waals surface area contributed by atoms with Crippen molar-refractivity contribution in [2.75, 3.05) is 19.8 Å². The van der Waals surface area contributed by atoms with Gasteiger partial charge in [0.25, 0.3) is 5.56 Å². The van der Waals surface area contributed by atoms with Gasteiger partial charge in [-0.25, -0.2) is 4.98 Å². The first-order chi connectivity index (χ1) is 10.2. The number of ether oxygens (including phenoxy) is 2. The molecule has 2 heterocycles. The van der Waals surface area contributed by atoms with Gasteiger partial charge in [-0.3, -0.25) is 4.79 Å². The highest BCUT2D eigenvalue weighted by molar-refractivity contribution is 5.14. The molecule has 0 amide bonds. The van der Waals surface area contributed by atoms with Gasteiger partial charge in [-0.2, -0.15) is 0 Å². The van der Waals surface area contributed by atoms with E-state index in [1.165, 1.54) is 12.8 Å². The molecule has 1 N–H and O–H groups in total. The molecule has 1 aromatic rings. The Balaban J connectivity index is 1.97. The van der Waals surface area contributed by atoms with Crippen LogP contribution in [0.25, 0.3) is 0 Å². The fourth-order valence-corrected chi connectivity index (χ4v) is 3.55. The first kappa shape index (κ1) is 14.7. The van der Waals surface area contributed by atoms with Crippen molar-refractivity contribution in [3.05, 3.63) is 27.9 Å². The standard InChI is InChI=1S/C16H24N2O3/c1-2-21-16(7-9-20-10-8-16)15-17-13(11-14(19)18-15)12-5-3-4-6-12/h11-12H,2-10H2,1H3,(H,17,18,19). The Labute approximate surface area is 125 Å². The summed E-state index contributed by atoms with van der Waals surface area (Å²) in [5.41, 5.74) is 0.394. The molecule has 0 bridgehead atoms. The van der Waals surface area contributed by atoms with E-state index in [-0.39, 0.29) is 5.56 Å². The number of nitrogens with one attached hydrogen (secondary N) is 1. The van der Waals surface area contributed by atoms with E-state index in [9.17, 15) is 4.79 Å². The van der Waals surface area contributed by atoms with Crippen LogP contribution < -0.4 is 5.56 Å². The Morgan fingerprint density at radius 3 is 2.76 bits per heavy atom. The first-order valence-electron chi connectivity index (χ1n) is 8.07. The maximum absolute atomic E-state index is 12.1. The fourth-order valence-electron chi connectivity index (χ4n) is 3.55. The van der Waals surface area contributed by atoms with Crippen LogP contribution in [0.4, 0.5) is 0 Å². The van der Waals surface area contributed by atoms with Gasteiger partial charge in [0.2, 0.25) is 0 Å². The van der Waals surface area contributed by atoms with Gasteiger partial charge in [-0.15, -0.1) is 0 Å². The van der Waals surface area contributed by atoms with Gasteiger partial charge >= 0.3 is 0 Å². The van der Waals surface area contributed by atoms with Gasteiger partial charge in [0, 0.05) is 44.6 Å². The van der Waals surface area contributed by atoms with Crippen LogP contribution in [0.2, 0.25) is 0 Å². The van der Waals surface area contributed by atoms with Gasteiger partial charge < -0.3 is 14.5 Å². The summed E-state index contributed by atoms with van der Waals surface area (Å²) >= 11 is 0. The monoisotopic (exact) mass is 292 g/mol. The minimum atomic E-state index is -0.485. The van der Waals surface area contributed by atoms with Crippen LogP contribution in [0.3, 0.4) is 0 Å². The minimum absolute atomic E-state index is 0.0625. The van der Waals surface area contributed by atoms with Gasteiger partial charge in [0.15, 0.2) is 0 Å². The van der Waals surface area contributed by atoms with Crippen molar-refractivity contribution in [3.8, 4) is 0 Å². The molecule has 1 aliphatic carbocycles. The van der Waals surface area contributed by atoms with Crippen molar-refractivity contribution < 1.29 is 9.47 Å². The average molecular weight is 292 g/mol. The van der Waals surface area contributed by atoms with Crippen LogP contribution in [0.15, 0.2) is 10.9 Å². The quantitative estimate of drug-likeness (QED) is 0.926. The smallest absolute Gasteiger partial charge is 0.251 e. The van der Waals surface area contributed by atoms with Crippen molar-refractivity contribution in [1.29, 1.82) is 0 Å². The molecule has 1 aromatic heterocycles. The maximum atomic E-state index is 12.1. The second kappa shape index (κ2) is 6.28. The Morgan fingerprint density at radius 2 is 2.10 bits per heavy atom. The van der Waals surface area contributed by atoms with Gasteiger partial charge in [-0.1, -0.05) is 12.8 Å². The lowest BCUT2D eigenvalue weighted by Gasteiger charge is -2.36. The topological polar surface area (TPSA) is 64.2 Å². The van der Waals surface area contributed by atoms with Gasteiger partial charge in [0.1, 0.15) is 11.4 Å². The molecular weight excluding hydrogens is 268 g/mol. The molecule has 5 heteroatoms. The van der Waals surface area contributed by atoms with E-state index in [0.29, 0.717) is 31.6 Å². The number of hydrogen-bond donors (Lipinski definition) is 1. The molecule has 21 heavy (non-hydrogen) atoms. The van der Waals surface area contributed by atoms with Crippen molar-refractivity contribution in [1.82, 2.24) is 9.97 Å². The molecular formula is C16H24N2O3. The molecule has 0 radical (unpaired) electrons. The van der Waals surface area contributed by atoms with Crippen LogP contribution in [-0.2, 0) is 15.1 Å². The lowest BCUT2D eigenvalue weighted by molar-refractivity contribution is -0.118. The van der Waals surface area contributed by atoms with Crippen LogP contribution >= 0.6 is 0 Å². The predicted octanol–water partition coefficient (Wildman–Crippen LogP) is 2.47. The molecule has 0 spiro atoms. The average Bonchev–Trinajstić information content (AvgIpc) is 3.02. The summed E-state index contributed by atoms with van der Waals surface area (Å²) in [5.74, 6) is 1.13. The number of nitrogens with zero attached hydrogens (tertiary/aromatic N) is 1. The van der Waals surface area contributed by atoms with Crippen molar-refractivity contribution in [2.24, 2.45) is 0 Å². The van der Waals surface area contributed by atoms with Crippen LogP contribution in [0.1, 0.15) is 62.9 Å². The summed E-state index contributed by atoms with van der Waals surface area (Å²) < 4.78 is 11.5. The number of rotatable bonds is 4. The zero-order chi connectivity index (χ0) is 14.7. The molecule has 2 fully saturated rings. The molecule has 2 aliphatic rings. The summed E-state index contributed by atoms with van der Waals surface area (Å²) in [7, 11) is 0. The summed E-state index contributed by atoms with van der Waals surface area (Å²) in [6.07, 6.45) is 6.24. The van der Waals surface area contributed by atoms with E-state index in [4.69, 9.17) is 14.5 Å². The SMILES string of the molecule is CCOC1(c2nc(C3CCCC3)cc(=O)[nH]2)CCOCC1. The highest BCUT2D eigenvalue weighted by Gasteiger charge is 2.38. The fraction of sp³-hybridized carbons (Fsp3) is 0.750. The Kier molecular flexibility index (Phi) is 4.40. The first-order valence-corrected chi connectivity index (χ1v) is 8.07. The second-order valence-corrected chi connectivity index (χ2v) is 6.04. The van der Waals surface area contributed by atoms with E-state index in [0.717, 1.165) is 31.4 Å². The molecule has 1 saturated carbocycles. The van der Waals surface area contributed by atoms with Crippen LogP contribution in [0.5, 0.6) is 0 Å². The highest BCUT2D eigenvalue weighted by Crippen LogP contribution is 2.36. The summed E-state index contributed by atoms with van der Waals surface area (Å²) in [6.45, 7) is 3.89. The van der Waals surface area contributed by atoms with Gasteiger partial charge in [-0.05, 0) is 19.8 Å². The molecule has 1 aliphatic heterocycles. The third-order valence-corrected chi connectivity index (χ3v) is 4.69. The number of aromatic amines is 1. The minimum Gasteiger partial charge on any atom is -0.381 e. The number of H-pyrrole nitrogens is 1. The normalized spacial score (nSPS) is 22.5. The predicted molar refractivity (Wildman–Crippen MR) is 79.4 cm³/mol. The van der Waals surface area contributed by atoms with Gasteiger partial charge in [0.05, 0.1) is 5.69 Å². The van der Waals surface area contributed by atoms with E-state index < -0.39 is 5.60 Å². The summed E-state index contributed by atoms with van der Waals surface area (Å²) in [6, 6.07) is 1.67. The highest BCUT2D eigenvalue weighted by atomic mass is 16.5. The lowest BCUT2D eigenvalue weighted by Crippen LogP contribution is -2.40. The molecule has 0 atom stereocenters. The largest absolute Gasteiger partial charge is 0.381 e. The van der Waals surface area contributed by atoms with Crippen molar-refractivity contribution in [3.63, 3.8) is 0 Å².